The first-order chi connectivity index (χ1) is 8.99. The van der Waals surface area contributed by atoms with E-state index in [1.54, 1.807) is 0 Å². The van der Waals surface area contributed by atoms with Crippen LogP contribution in [0.25, 0.3) is 0 Å². The molecule has 0 radical (unpaired) electrons. The predicted molar refractivity (Wildman–Crippen MR) is 66.1 cm³/mol. The number of aliphatic hydroxyl groups excluding tert-OH is 1. The van der Waals surface area contributed by atoms with Gasteiger partial charge in [-0.3, -0.25) is 4.90 Å². The Balaban J connectivity index is 2.58. The largest absolute Gasteiger partial charge is 0.492 e. The summed E-state index contributed by atoms with van der Waals surface area (Å²) in [5.41, 5.74) is -0.764. The molecule has 0 bridgehead atoms. The average molecular weight is 277 g/mol. The molecule has 6 heteroatoms. The second-order valence-corrected chi connectivity index (χ2v) is 4.00. The third-order valence-electron chi connectivity index (χ3n) is 2.72. The Morgan fingerprint density at radius 1 is 1.21 bits per heavy atom. The molecule has 0 unspecified atom stereocenters. The number of rotatable bonds is 7. The van der Waals surface area contributed by atoms with Crippen molar-refractivity contribution in [3.63, 3.8) is 0 Å². The van der Waals surface area contributed by atoms with E-state index in [1.165, 1.54) is 18.2 Å². The Hall–Kier alpha value is -1.27. The molecule has 3 nitrogen and oxygen atoms in total. The molecule has 0 heterocycles. The van der Waals surface area contributed by atoms with Crippen LogP contribution in [-0.4, -0.2) is 42.9 Å². The third-order valence-corrected chi connectivity index (χ3v) is 2.72. The zero-order chi connectivity index (χ0) is 14.3. The van der Waals surface area contributed by atoms with Crippen LogP contribution in [0.4, 0.5) is 13.2 Å². The van der Waals surface area contributed by atoms with Gasteiger partial charge >= 0.3 is 6.18 Å². The molecular weight excluding hydrogens is 259 g/mol. The first-order valence-electron chi connectivity index (χ1n) is 6.11. The molecule has 0 saturated heterocycles. The van der Waals surface area contributed by atoms with Crippen molar-refractivity contribution < 1.29 is 23.0 Å². The molecule has 0 aliphatic rings. The molecule has 0 fully saturated rings. The van der Waals surface area contributed by atoms with E-state index >= 15 is 0 Å². The first-order valence-corrected chi connectivity index (χ1v) is 6.11. The third kappa shape index (κ3) is 5.08. The normalized spacial score (nSPS) is 11.9. The van der Waals surface area contributed by atoms with E-state index in [1.807, 2.05) is 11.8 Å². The van der Waals surface area contributed by atoms with Crippen LogP contribution < -0.4 is 4.74 Å². The van der Waals surface area contributed by atoms with Crippen molar-refractivity contribution >= 4 is 0 Å². The van der Waals surface area contributed by atoms with E-state index in [9.17, 15) is 13.2 Å². The Morgan fingerprint density at radius 3 is 2.47 bits per heavy atom. The molecule has 1 aromatic rings. The number of ether oxygens (including phenoxy) is 1. The highest BCUT2D eigenvalue weighted by Gasteiger charge is 2.33. The molecule has 0 aromatic heterocycles. The molecule has 19 heavy (non-hydrogen) atoms. The molecule has 0 aliphatic carbocycles. The lowest BCUT2D eigenvalue weighted by Gasteiger charge is -2.20. The lowest BCUT2D eigenvalue weighted by molar-refractivity contribution is -0.139. The summed E-state index contributed by atoms with van der Waals surface area (Å²) < 4.78 is 43.3. The molecule has 108 valence electrons. The van der Waals surface area contributed by atoms with E-state index in [4.69, 9.17) is 9.84 Å². The Bertz CT molecular complexity index is 382. The van der Waals surface area contributed by atoms with Gasteiger partial charge in [0.15, 0.2) is 0 Å². The summed E-state index contributed by atoms with van der Waals surface area (Å²) >= 11 is 0. The van der Waals surface area contributed by atoms with E-state index in [0.29, 0.717) is 19.6 Å². The molecule has 0 amide bonds. The number of halogens is 3. The second kappa shape index (κ2) is 7.35. The van der Waals surface area contributed by atoms with Crippen LogP contribution in [-0.2, 0) is 6.18 Å². The maximum atomic E-state index is 12.7. The van der Waals surface area contributed by atoms with E-state index in [2.05, 4.69) is 0 Å². The predicted octanol–water partition coefficient (Wildman–Crippen LogP) is 2.40. The standard InChI is InChI=1S/C13H18F3NO2/c1-2-17(7-9-18)8-10-19-12-6-4-3-5-11(12)13(14,15)16/h3-6,18H,2,7-10H2,1H3. The van der Waals surface area contributed by atoms with E-state index in [0.717, 1.165) is 6.07 Å². The number of alkyl halides is 3. The quantitative estimate of drug-likeness (QED) is 0.830. The second-order valence-electron chi connectivity index (χ2n) is 4.00. The van der Waals surface area contributed by atoms with Crippen LogP contribution in [0, 0.1) is 0 Å². The molecule has 1 N–H and O–H groups in total. The lowest BCUT2D eigenvalue weighted by Crippen LogP contribution is -2.31. The van der Waals surface area contributed by atoms with Gasteiger partial charge in [0.05, 0.1) is 12.2 Å². The topological polar surface area (TPSA) is 32.7 Å². The minimum Gasteiger partial charge on any atom is -0.492 e. The monoisotopic (exact) mass is 277 g/mol. The van der Waals surface area contributed by atoms with Crippen molar-refractivity contribution in [3.05, 3.63) is 29.8 Å². The lowest BCUT2D eigenvalue weighted by atomic mass is 10.2. The molecule has 0 aliphatic heterocycles. The Kier molecular flexibility index (Phi) is 6.11. The van der Waals surface area contributed by atoms with Gasteiger partial charge in [0.2, 0.25) is 0 Å². The molecule has 0 atom stereocenters. The molecule has 0 spiro atoms. The van der Waals surface area contributed by atoms with Crippen molar-refractivity contribution in [2.75, 3.05) is 32.8 Å². The number of hydrogen-bond acceptors (Lipinski definition) is 3. The number of likely N-dealkylation sites (N-methyl/N-ethyl adjacent to an activating group) is 1. The molecular formula is C13H18F3NO2. The highest BCUT2D eigenvalue weighted by atomic mass is 19.4. The number of benzene rings is 1. The number of hydrogen-bond donors (Lipinski definition) is 1. The maximum Gasteiger partial charge on any atom is 0.419 e. The van der Waals surface area contributed by atoms with Gasteiger partial charge < -0.3 is 9.84 Å². The number of aliphatic hydroxyl groups is 1. The van der Waals surface area contributed by atoms with Crippen molar-refractivity contribution in [3.8, 4) is 5.75 Å². The number of nitrogens with zero attached hydrogens (tertiary/aromatic N) is 1. The summed E-state index contributed by atoms with van der Waals surface area (Å²) in [4.78, 5) is 1.90. The Labute approximate surface area is 110 Å². The summed E-state index contributed by atoms with van der Waals surface area (Å²) in [6.07, 6.45) is -4.41. The fourth-order valence-electron chi connectivity index (χ4n) is 1.68. The van der Waals surface area contributed by atoms with Crippen LogP contribution in [0.15, 0.2) is 24.3 Å². The van der Waals surface area contributed by atoms with Gasteiger partial charge in [0.1, 0.15) is 12.4 Å². The van der Waals surface area contributed by atoms with Gasteiger partial charge in [-0.15, -0.1) is 0 Å². The summed E-state index contributed by atoms with van der Waals surface area (Å²) in [6, 6.07) is 5.15. The maximum absolute atomic E-state index is 12.7. The zero-order valence-electron chi connectivity index (χ0n) is 10.8. The van der Waals surface area contributed by atoms with Crippen molar-refractivity contribution in [2.24, 2.45) is 0 Å². The van der Waals surface area contributed by atoms with Crippen LogP contribution in [0.3, 0.4) is 0 Å². The SMILES string of the molecule is CCN(CCO)CCOc1ccccc1C(F)(F)F. The zero-order valence-corrected chi connectivity index (χ0v) is 10.8. The molecule has 1 aromatic carbocycles. The fraction of sp³-hybridized carbons (Fsp3) is 0.538. The van der Waals surface area contributed by atoms with Crippen molar-refractivity contribution in [1.82, 2.24) is 4.90 Å². The summed E-state index contributed by atoms with van der Waals surface area (Å²) in [5, 5.41) is 8.80. The Morgan fingerprint density at radius 2 is 1.89 bits per heavy atom. The number of para-hydroxylation sites is 1. The van der Waals surface area contributed by atoms with Gasteiger partial charge in [0.25, 0.3) is 0 Å². The average Bonchev–Trinajstić information content (AvgIpc) is 2.37. The first kappa shape index (κ1) is 15.8. The van der Waals surface area contributed by atoms with Crippen molar-refractivity contribution in [1.29, 1.82) is 0 Å². The highest BCUT2D eigenvalue weighted by molar-refractivity contribution is 5.35. The van der Waals surface area contributed by atoms with E-state index in [-0.39, 0.29) is 19.0 Å². The summed E-state index contributed by atoms with van der Waals surface area (Å²) in [5.74, 6) is -0.157. The van der Waals surface area contributed by atoms with Crippen LogP contribution in [0.1, 0.15) is 12.5 Å². The van der Waals surface area contributed by atoms with Gasteiger partial charge in [-0.05, 0) is 18.7 Å². The molecule has 1 rings (SSSR count). The minimum absolute atomic E-state index is 0.0208. The highest BCUT2D eigenvalue weighted by Crippen LogP contribution is 2.35. The van der Waals surface area contributed by atoms with Crippen LogP contribution in [0.2, 0.25) is 0 Å². The summed E-state index contributed by atoms with van der Waals surface area (Å²) in [7, 11) is 0. The fourth-order valence-corrected chi connectivity index (χ4v) is 1.68. The van der Waals surface area contributed by atoms with Crippen LogP contribution in [0.5, 0.6) is 5.75 Å². The molecule has 0 saturated carbocycles. The minimum atomic E-state index is -4.41. The van der Waals surface area contributed by atoms with Gasteiger partial charge in [-0.25, -0.2) is 0 Å². The summed E-state index contributed by atoms with van der Waals surface area (Å²) in [6.45, 7) is 3.77. The van der Waals surface area contributed by atoms with Gasteiger partial charge in [-0.2, -0.15) is 13.2 Å². The smallest absolute Gasteiger partial charge is 0.419 e. The van der Waals surface area contributed by atoms with Gasteiger partial charge in [0, 0.05) is 13.1 Å². The van der Waals surface area contributed by atoms with E-state index < -0.39 is 11.7 Å². The van der Waals surface area contributed by atoms with Gasteiger partial charge in [-0.1, -0.05) is 19.1 Å². The van der Waals surface area contributed by atoms with Crippen LogP contribution >= 0.6 is 0 Å². The van der Waals surface area contributed by atoms with Crippen molar-refractivity contribution in [2.45, 2.75) is 13.1 Å².